The molecule has 3 rings (SSSR count). The summed E-state index contributed by atoms with van der Waals surface area (Å²) in [6.07, 6.45) is 4.59. The van der Waals surface area contributed by atoms with Crippen molar-refractivity contribution in [3.8, 4) is 5.75 Å². The van der Waals surface area contributed by atoms with E-state index in [-0.39, 0.29) is 6.03 Å². The molecule has 156 valence electrons. The lowest BCUT2D eigenvalue weighted by Crippen LogP contribution is -2.36. The molecule has 1 saturated heterocycles. The molecule has 29 heavy (non-hydrogen) atoms. The fourth-order valence-electron chi connectivity index (χ4n) is 3.37. The number of amides is 2. The first kappa shape index (κ1) is 21.0. The zero-order chi connectivity index (χ0) is 20.5. The summed E-state index contributed by atoms with van der Waals surface area (Å²) in [5.74, 6) is 0.814. The highest BCUT2D eigenvalue weighted by Gasteiger charge is 2.18. The molecule has 0 atom stereocenters. The number of nitrogens with one attached hydrogen (secondary N) is 2. The molecule has 0 radical (unpaired) electrons. The van der Waals surface area contributed by atoms with Crippen molar-refractivity contribution in [2.24, 2.45) is 0 Å². The molecule has 1 aliphatic heterocycles. The van der Waals surface area contributed by atoms with E-state index < -0.39 is 0 Å². The van der Waals surface area contributed by atoms with E-state index in [9.17, 15) is 4.79 Å². The Morgan fingerprint density at radius 3 is 2.14 bits per heavy atom. The molecular formula is C23H31N3O3. The Kier molecular flexibility index (Phi) is 7.76. The van der Waals surface area contributed by atoms with Crippen LogP contribution >= 0.6 is 0 Å². The number of unbranched alkanes of at least 4 members (excludes halogenated alkanes) is 1. The number of carbonyl (C=O) groups is 1. The highest BCUT2D eigenvalue weighted by Crippen LogP contribution is 2.23. The van der Waals surface area contributed by atoms with Crippen molar-refractivity contribution in [2.75, 3.05) is 42.3 Å². The molecule has 2 amide bonds. The van der Waals surface area contributed by atoms with Gasteiger partial charge in [0.15, 0.2) is 0 Å². The number of benzene rings is 2. The lowest BCUT2D eigenvalue weighted by atomic mass is 10.1. The molecule has 2 aromatic carbocycles. The predicted octanol–water partition coefficient (Wildman–Crippen LogP) is 5.12. The van der Waals surface area contributed by atoms with E-state index in [1.54, 1.807) is 7.11 Å². The second-order valence-corrected chi connectivity index (χ2v) is 7.27. The van der Waals surface area contributed by atoms with Crippen LogP contribution in [-0.2, 0) is 4.74 Å². The molecule has 6 heteroatoms. The number of methoxy groups -OCH3 is 1. The highest BCUT2D eigenvalue weighted by atomic mass is 16.5. The largest absolute Gasteiger partial charge is 0.494 e. The lowest BCUT2D eigenvalue weighted by Gasteiger charge is -2.33. The van der Waals surface area contributed by atoms with Gasteiger partial charge in [-0.2, -0.15) is 0 Å². The summed E-state index contributed by atoms with van der Waals surface area (Å²) in [4.78, 5) is 14.6. The molecule has 0 bridgehead atoms. The second-order valence-electron chi connectivity index (χ2n) is 7.27. The minimum Gasteiger partial charge on any atom is -0.494 e. The predicted molar refractivity (Wildman–Crippen MR) is 118 cm³/mol. The van der Waals surface area contributed by atoms with Crippen LogP contribution in [0.3, 0.4) is 0 Å². The van der Waals surface area contributed by atoms with E-state index in [2.05, 4.69) is 22.5 Å². The van der Waals surface area contributed by atoms with Crippen LogP contribution in [-0.4, -0.2) is 38.9 Å². The Morgan fingerprint density at radius 1 is 1.00 bits per heavy atom. The fourth-order valence-corrected chi connectivity index (χ4v) is 3.37. The Labute approximate surface area is 173 Å². The van der Waals surface area contributed by atoms with Crippen LogP contribution in [0.15, 0.2) is 48.5 Å². The number of piperidine rings is 1. The van der Waals surface area contributed by atoms with Gasteiger partial charge < -0.3 is 25.0 Å². The van der Waals surface area contributed by atoms with Gasteiger partial charge in [-0.3, -0.25) is 0 Å². The molecule has 0 spiro atoms. The van der Waals surface area contributed by atoms with Gasteiger partial charge in [-0.05, 0) is 67.8 Å². The summed E-state index contributed by atoms with van der Waals surface area (Å²) in [5, 5.41) is 5.72. The van der Waals surface area contributed by atoms with Gasteiger partial charge in [0.2, 0.25) is 0 Å². The van der Waals surface area contributed by atoms with Gasteiger partial charge in [0.25, 0.3) is 0 Å². The van der Waals surface area contributed by atoms with Crippen molar-refractivity contribution in [3.63, 3.8) is 0 Å². The van der Waals surface area contributed by atoms with E-state index in [1.165, 1.54) is 5.69 Å². The van der Waals surface area contributed by atoms with Crippen LogP contribution in [0.25, 0.3) is 0 Å². The van der Waals surface area contributed by atoms with Crippen molar-refractivity contribution in [2.45, 2.75) is 38.7 Å². The third-order valence-corrected chi connectivity index (χ3v) is 5.14. The Balaban J connectivity index is 1.47. The van der Waals surface area contributed by atoms with E-state index in [4.69, 9.17) is 9.47 Å². The summed E-state index contributed by atoms with van der Waals surface area (Å²) >= 11 is 0. The molecule has 0 unspecified atom stereocenters. The van der Waals surface area contributed by atoms with Crippen LogP contribution in [0, 0.1) is 0 Å². The first-order valence-electron chi connectivity index (χ1n) is 10.4. The van der Waals surface area contributed by atoms with Crippen LogP contribution in [0.1, 0.15) is 32.6 Å². The first-order valence-corrected chi connectivity index (χ1v) is 10.4. The van der Waals surface area contributed by atoms with Gasteiger partial charge in [-0.1, -0.05) is 13.3 Å². The SMILES string of the molecule is CCCCOc1ccc(NC(=O)Nc2ccc(N3CCC(OC)CC3)cc2)cc1. The topological polar surface area (TPSA) is 62.8 Å². The van der Waals surface area contributed by atoms with E-state index >= 15 is 0 Å². The number of ether oxygens (including phenoxy) is 2. The van der Waals surface area contributed by atoms with Crippen LogP contribution in [0.4, 0.5) is 21.9 Å². The first-order chi connectivity index (χ1) is 14.2. The van der Waals surface area contributed by atoms with Gasteiger partial charge in [0.05, 0.1) is 12.7 Å². The number of carbonyl (C=O) groups excluding carboxylic acids is 1. The van der Waals surface area contributed by atoms with Crippen molar-refractivity contribution in [1.82, 2.24) is 0 Å². The van der Waals surface area contributed by atoms with Gasteiger partial charge in [0, 0.05) is 37.3 Å². The standard InChI is InChI=1S/C23H31N3O3/c1-3-4-17-29-22-11-7-19(8-12-22)25-23(27)24-18-5-9-20(10-6-18)26-15-13-21(28-2)14-16-26/h5-12,21H,3-4,13-17H2,1-2H3,(H2,24,25,27). The second kappa shape index (κ2) is 10.7. The molecule has 6 nitrogen and oxygen atoms in total. The normalized spacial score (nSPS) is 14.5. The third kappa shape index (κ3) is 6.39. The maximum atomic E-state index is 12.3. The number of rotatable bonds is 8. The molecule has 0 aromatic heterocycles. The van der Waals surface area contributed by atoms with Gasteiger partial charge in [0.1, 0.15) is 5.75 Å². The lowest BCUT2D eigenvalue weighted by molar-refractivity contribution is 0.0819. The molecule has 2 aromatic rings. The average Bonchev–Trinajstić information content (AvgIpc) is 2.76. The van der Waals surface area contributed by atoms with Gasteiger partial charge in [-0.25, -0.2) is 4.79 Å². The summed E-state index contributed by atoms with van der Waals surface area (Å²) in [7, 11) is 1.78. The molecule has 0 saturated carbocycles. The summed E-state index contributed by atoms with van der Waals surface area (Å²) in [6.45, 7) is 4.82. The molecule has 0 aliphatic carbocycles. The Bertz CT molecular complexity index is 754. The number of nitrogens with zero attached hydrogens (tertiary/aromatic N) is 1. The third-order valence-electron chi connectivity index (χ3n) is 5.14. The fraction of sp³-hybridized carbons (Fsp3) is 0.435. The molecule has 1 aliphatic rings. The number of anilines is 3. The van der Waals surface area contributed by atoms with E-state index in [1.807, 2.05) is 48.5 Å². The minimum atomic E-state index is -0.265. The minimum absolute atomic E-state index is 0.265. The van der Waals surface area contributed by atoms with Crippen LogP contribution in [0.5, 0.6) is 5.75 Å². The van der Waals surface area contributed by atoms with Crippen molar-refractivity contribution in [3.05, 3.63) is 48.5 Å². The number of urea groups is 1. The van der Waals surface area contributed by atoms with Crippen molar-refractivity contribution >= 4 is 23.1 Å². The summed E-state index contributed by atoms with van der Waals surface area (Å²) in [6, 6.07) is 15.1. The van der Waals surface area contributed by atoms with Gasteiger partial charge >= 0.3 is 6.03 Å². The number of hydrogen-bond acceptors (Lipinski definition) is 4. The zero-order valence-electron chi connectivity index (χ0n) is 17.3. The van der Waals surface area contributed by atoms with Crippen molar-refractivity contribution in [1.29, 1.82) is 0 Å². The van der Waals surface area contributed by atoms with Gasteiger partial charge in [-0.15, -0.1) is 0 Å². The smallest absolute Gasteiger partial charge is 0.323 e. The summed E-state index contributed by atoms with van der Waals surface area (Å²) in [5.41, 5.74) is 2.66. The zero-order valence-corrected chi connectivity index (χ0v) is 17.3. The van der Waals surface area contributed by atoms with Crippen LogP contribution < -0.4 is 20.3 Å². The Morgan fingerprint density at radius 2 is 1.59 bits per heavy atom. The Hall–Kier alpha value is -2.73. The number of hydrogen-bond donors (Lipinski definition) is 2. The van der Waals surface area contributed by atoms with Crippen LogP contribution in [0.2, 0.25) is 0 Å². The monoisotopic (exact) mass is 397 g/mol. The molecule has 1 heterocycles. The van der Waals surface area contributed by atoms with Crippen molar-refractivity contribution < 1.29 is 14.3 Å². The maximum absolute atomic E-state index is 12.3. The van der Waals surface area contributed by atoms with E-state index in [0.29, 0.717) is 12.7 Å². The summed E-state index contributed by atoms with van der Waals surface area (Å²) < 4.78 is 11.1. The highest BCUT2D eigenvalue weighted by molar-refractivity contribution is 5.99. The quantitative estimate of drug-likeness (QED) is 0.607. The van der Waals surface area contributed by atoms with E-state index in [0.717, 1.165) is 55.9 Å². The maximum Gasteiger partial charge on any atom is 0.323 e. The molecule has 2 N–H and O–H groups in total. The molecular weight excluding hydrogens is 366 g/mol. The average molecular weight is 398 g/mol. The molecule has 1 fully saturated rings.